The molecule has 3 aliphatic carbocycles. The first-order chi connectivity index (χ1) is 21.8. The Labute approximate surface area is 283 Å². The van der Waals surface area contributed by atoms with E-state index < -0.39 is 33.8 Å². The number of rotatable bonds is 16. The average Bonchev–Trinajstić information content (AvgIpc) is 3.92. The molecule has 6 nitrogen and oxygen atoms in total. The highest BCUT2D eigenvalue weighted by Gasteiger charge is 2.55. The quantitative estimate of drug-likeness (QED) is 0.128. The fourth-order valence-corrected chi connectivity index (χ4v) is 26.1. The molecular weight excluding hydrogens is 641 g/mol. The van der Waals surface area contributed by atoms with Crippen LogP contribution < -0.4 is 5.19 Å². The third kappa shape index (κ3) is 8.76. The third-order valence-corrected chi connectivity index (χ3v) is 27.5. The van der Waals surface area contributed by atoms with Crippen LogP contribution in [-0.2, 0) is 26.6 Å². The van der Waals surface area contributed by atoms with Crippen LogP contribution in [0.25, 0.3) is 0 Å². The van der Waals surface area contributed by atoms with Gasteiger partial charge in [0, 0.05) is 5.19 Å². The summed E-state index contributed by atoms with van der Waals surface area (Å²) in [5.41, 5.74) is 0. The zero-order chi connectivity index (χ0) is 32.2. The molecule has 7 fully saturated rings. The highest BCUT2D eigenvalue weighted by Crippen LogP contribution is 2.44. The minimum atomic E-state index is -3.24. The van der Waals surface area contributed by atoms with Crippen LogP contribution in [-0.4, -0.2) is 70.4 Å². The molecule has 0 spiro atoms. The van der Waals surface area contributed by atoms with Gasteiger partial charge in [-0.05, 0) is 133 Å². The summed E-state index contributed by atoms with van der Waals surface area (Å²) in [4.78, 5) is 0. The van der Waals surface area contributed by atoms with Crippen molar-refractivity contribution in [3.8, 4) is 0 Å². The summed E-state index contributed by atoms with van der Waals surface area (Å²) >= 11 is 0. The van der Waals surface area contributed by atoms with Crippen molar-refractivity contribution in [3.63, 3.8) is 0 Å². The van der Waals surface area contributed by atoms with Crippen LogP contribution >= 0.6 is 0 Å². The topological polar surface area (TPSA) is 62.0 Å². The van der Waals surface area contributed by atoms with E-state index in [0.29, 0.717) is 36.6 Å². The van der Waals surface area contributed by atoms with Crippen molar-refractivity contribution >= 4 is 38.9 Å². The van der Waals surface area contributed by atoms with E-state index in [-0.39, 0.29) is 0 Å². The smallest absolute Gasteiger partial charge is 0.413 e. The van der Waals surface area contributed by atoms with E-state index in [0.717, 1.165) is 35.9 Å². The van der Waals surface area contributed by atoms with Crippen molar-refractivity contribution in [1.82, 2.24) is 0 Å². The van der Waals surface area contributed by atoms with Gasteiger partial charge in [0.15, 0.2) is 25.0 Å². The maximum absolute atomic E-state index is 7.68. The molecule has 2 bridgehead atoms. The Morgan fingerprint density at radius 2 is 0.957 bits per heavy atom. The lowest BCUT2D eigenvalue weighted by Gasteiger charge is -2.47. The van der Waals surface area contributed by atoms with Gasteiger partial charge in [-0.1, -0.05) is 49.6 Å². The van der Waals surface area contributed by atoms with Crippen LogP contribution in [0, 0.1) is 17.8 Å². The van der Waals surface area contributed by atoms with Gasteiger partial charge in [-0.25, -0.2) is 0 Å². The molecule has 0 N–H and O–H groups in total. The van der Waals surface area contributed by atoms with Crippen LogP contribution in [0.1, 0.15) is 77.0 Å². The van der Waals surface area contributed by atoms with E-state index in [1.807, 2.05) is 0 Å². The first-order valence-corrected chi connectivity index (χ1v) is 30.0. The van der Waals surface area contributed by atoms with Crippen molar-refractivity contribution in [2.45, 2.75) is 171 Å². The number of hydrogen-bond donors (Lipinski definition) is 0. The van der Waals surface area contributed by atoms with Gasteiger partial charge < -0.3 is 26.6 Å². The van der Waals surface area contributed by atoms with Crippen LogP contribution in [0.5, 0.6) is 0 Å². The number of epoxide rings is 2. The number of hydrogen-bond acceptors (Lipinski definition) is 6. The SMILES string of the molecule is C[Si](C)(CCC1CC2CC(C1)O2)O[Si](O[Si](C)(C)CCC1CCC2OC2C1)(O[Si](C)(C)CCC1CCC2OC2C1)c1ccccc1. The van der Waals surface area contributed by atoms with Gasteiger partial charge in [-0.3, -0.25) is 0 Å². The average molecular weight is 703 g/mol. The van der Waals surface area contributed by atoms with Crippen molar-refractivity contribution in [2.24, 2.45) is 17.8 Å². The predicted octanol–water partition coefficient (Wildman–Crippen LogP) is 8.37. The normalized spacial score (nSPS) is 36.6. The summed E-state index contributed by atoms with van der Waals surface area (Å²) in [5.74, 6) is 2.30. The largest absolute Gasteiger partial charge is 0.505 e. The first kappa shape index (κ1) is 34.3. The molecule has 258 valence electrons. The van der Waals surface area contributed by atoms with Gasteiger partial charge in [-0.15, -0.1) is 0 Å². The molecule has 1 aromatic rings. The van der Waals surface area contributed by atoms with Gasteiger partial charge in [-0.2, -0.15) is 0 Å². The molecule has 4 heterocycles. The molecular formula is C36H62O6Si4. The molecule has 0 radical (unpaired) electrons. The molecule has 46 heavy (non-hydrogen) atoms. The van der Waals surface area contributed by atoms with E-state index >= 15 is 0 Å². The maximum atomic E-state index is 7.68. The first-order valence-electron chi connectivity index (χ1n) is 19.0. The van der Waals surface area contributed by atoms with Gasteiger partial charge >= 0.3 is 8.80 Å². The van der Waals surface area contributed by atoms with E-state index in [2.05, 4.69) is 69.6 Å². The minimum absolute atomic E-state index is 0.514. The summed E-state index contributed by atoms with van der Waals surface area (Å²) in [6.07, 6.45) is 18.3. The van der Waals surface area contributed by atoms with Crippen molar-refractivity contribution < 1.29 is 26.6 Å². The van der Waals surface area contributed by atoms with Crippen LogP contribution in [0.4, 0.5) is 0 Å². The zero-order valence-corrected chi connectivity index (χ0v) is 33.6. The number of benzene rings is 1. The molecule has 8 atom stereocenters. The molecule has 0 amide bonds. The Morgan fingerprint density at radius 3 is 1.39 bits per heavy atom. The summed E-state index contributed by atoms with van der Waals surface area (Å²) < 4.78 is 40.8. The zero-order valence-electron chi connectivity index (χ0n) is 29.6. The van der Waals surface area contributed by atoms with Gasteiger partial charge in [0.25, 0.3) is 0 Å². The highest BCUT2D eigenvalue weighted by molar-refractivity contribution is 6.96. The van der Waals surface area contributed by atoms with Gasteiger partial charge in [0.1, 0.15) is 0 Å². The number of fused-ring (bicyclic) bond motifs is 4. The molecule has 0 aromatic heterocycles. The molecule has 8 rings (SSSR count). The lowest BCUT2D eigenvalue weighted by molar-refractivity contribution is -0.173. The van der Waals surface area contributed by atoms with Gasteiger partial charge in [0.2, 0.25) is 0 Å². The summed E-state index contributed by atoms with van der Waals surface area (Å²) in [7, 11) is -9.69. The van der Waals surface area contributed by atoms with Crippen LogP contribution in [0.15, 0.2) is 30.3 Å². The molecule has 3 saturated carbocycles. The fourth-order valence-electron chi connectivity index (χ4n) is 9.21. The second-order valence-electron chi connectivity index (χ2n) is 17.9. The fraction of sp³-hybridized carbons (Fsp3) is 0.833. The van der Waals surface area contributed by atoms with Gasteiger partial charge in [0.05, 0.1) is 36.6 Å². The van der Waals surface area contributed by atoms with Crippen molar-refractivity contribution in [3.05, 3.63) is 30.3 Å². The lowest BCUT2D eigenvalue weighted by Crippen LogP contribution is -2.68. The van der Waals surface area contributed by atoms with Crippen molar-refractivity contribution in [1.29, 1.82) is 0 Å². The molecule has 10 heteroatoms. The summed E-state index contributed by atoms with van der Waals surface area (Å²) in [6.45, 7) is 14.6. The predicted molar refractivity (Wildman–Crippen MR) is 194 cm³/mol. The summed E-state index contributed by atoms with van der Waals surface area (Å²) in [5, 5.41) is 1.18. The Hall–Kier alpha value is -0.152. The molecule has 4 aliphatic heterocycles. The van der Waals surface area contributed by atoms with E-state index in [4.69, 9.17) is 26.6 Å². The summed E-state index contributed by atoms with van der Waals surface area (Å²) in [6, 6.07) is 14.4. The molecule has 8 unspecified atom stereocenters. The molecule has 4 saturated heterocycles. The third-order valence-electron chi connectivity index (χ3n) is 12.2. The Balaban J connectivity index is 1.09. The second-order valence-corrected chi connectivity index (χ2v) is 34.1. The van der Waals surface area contributed by atoms with E-state index in [9.17, 15) is 0 Å². The standard InChI is InChI=1S/C36H62O6Si4/c1-43(2,19-16-27-12-14-33-35(24-27)38-33)40-46(32-10-8-7-9-11-32,41-44(3,4)20-17-28-13-15-34-36(25-28)39-34)42-45(5,6)21-18-29-22-30-26-31(23-29)37-30/h7-11,27-31,33-36H,12-26H2,1-6H3. The van der Waals surface area contributed by atoms with E-state index in [1.165, 1.54) is 82.2 Å². The highest BCUT2D eigenvalue weighted by atomic mass is 28.5. The Kier molecular flexibility index (Phi) is 10.1. The molecule has 1 aromatic carbocycles. The monoisotopic (exact) mass is 702 g/mol. The molecule has 7 aliphatic rings. The Bertz CT molecular complexity index is 1080. The number of ether oxygens (including phenoxy) is 3. The van der Waals surface area contributed by atoms with Crippen LogP contribution in [0.2, 0.25) is 57.4 Å². The minimum Gasteiger partial charge on any atom is -0.413 e. The Morgan fingerprint density at radius 1 is 0.522 bits per heavy atom. The van der Waals surface area contributed by atoms with E-state index in [1.54, 1.807) is 0 Å². The maximum Gasteiger partial charge on any atom is 0.505 e. The van der Waals surface area contributed by atoms with Crippen molar-refractivity contribution in [2.75, 3.05) is 0 Å². The lowest BCUT2D eigenvalue weighted by atomic mass is 9.79. The second kappa shape index (κ2) is 13.5. The van der Waals surface area contributed by atoms with Crippen LogP contribution in [0.3, 0.4) is 0 Å².